The number of nitrogens with zero attached hydrogens (tertiary/aromatic N) is 2. The molecule has 1 saturated carbocycles. The Morgan fingerprint density at radius 1 is 1.46 bits per heavy atom. The van der Waals surface area contributed by atoms with Crippen molar-refractivity contribution in [1.82, 2.24) is 4.90 Å². The first-order valence-corrected chi connectivity index (χ1v) is 8.91. The van der Waals surface area contributed by atoms with Crippen LogP contribution in [-0.4, -0.2) is 23.4 Å². The zero-order valence-corrected chi connectivity index (χ0v) is 15.0. The highest BCUT2D eigenvalue weighted by atomic mass is 19.4. The second-order valence-corrected chi connectivity index (χ2v) is 7.81. The smallest absolute Gasteiger partial charge is 0.422 e. The van der Waals surface area contributed by atoms with Gasteiger partial charge in [-0.2, -0.15) is 17.9 Å². The van der Waals surface area contributed by atoms with Gasteiger partial charge < -0.3 is 15.8 Å². The minimum atomic E-state index is -4.59. The van der Waals surface area contributed by atoms with Crippen molar-refractivity contribution in [3.8, 4) is 0 Å². The first-order valence-electron chi connectivity index (χ1n) is 8.91. The normalized spacial score (nSPS) is 26.3. The molecule has 144 valence electrons. The van der Waals surface area contributed by atoms with E-state index in [4.69, 9.17) is 5.73 Å². The van der Waals surface area contributed by atoms with Crippen molar-refractivity contribution < 1.29 is 22.7 Å². The SMILES string of the molecule is CC(C)[C@]1(C(=O)N2CCc3c(cc(C(F)(F)F)c[n+]3[O-])C2)CC[C@@H](N)C1. The average Bonchev–Trinajstić information content (AvgIpc) is 2.96. The molecule has 1 aliphatic carbocycles. The molecule has 1 amide bonds. The van der Waals surface area contributed by atoms with Crippen molar-refractivity contribution >= 4 is 5.91 Å². The number of amides is 1. The van der Waals surface area contributed by atoms with Gasteiger partial charge in [0, 0.05) is 18.2 Å². The number of hydrogen-bond donors (Lipinski definition) is 1. The van der Waals surface area contributed by atoms with E-state index in [2.05, 4.69) is 0 Å². The van der Waals surface area contributed by atoms with Gasteiger partial charge in [-0.05, 0) is 31.2 Å². The molecule has 0 bridgehead atoms. The number of hydrogen-bond acceptors (Lipinski definition) is 3. The Morgan fingerprint density at radius 3 is 2.69 bits per heavy atom. The van der Waals surface area contributed by atoms with Crippen LogP contribution in [0, 0.1) is 16.5 Å². The summed E-state index contributed by atoms with van der Waals surface area (Å²) in [4.78, 5) is 14.8. The van der Waals surface area contributed by atoms with Crippen LogP contribution >= 0.6 is 0 Å². The first-order chi connectivity index (χ1) is 12.0. The largest absolute Gasteiger partial charge is 0.618 e. The molecule has 2 heterocycles. The Hall–Kier alpha value is -1.83. The lowest BCUT2D eigenvalue weighted by molar-refractivity contribution is -0.616. The second-order valence-electron chi connectivity index (χ2n) is 7.81. The molecule has 0 spiro atoms. The summed E-state index contributed by atoms with van der Waals surface area (Å²) in [5.74, 6) is 0.0388. The summed E-state index contributed by atoms with van der Waals surface area (Å²) in [6, 6.07) is 0.963. The summed E-state index contributed by atoms with van der Waals surface area (Å²) in [5, 5.41) is 12.0. The predicted octanol–water partition coefficient (Wildman–Crippen LogP) is 2.38. The number of pyridine rings is 1. The molecular formula is C18H24F3N3O2. The molecule has 1 aliphatic heterocycles. The maximum Gasteiger partial charge on any atom is 0.422 e. The topological polar surface area (TPSA) is 73.3 Å². The Balaban J connectivity index is 1.90. The Morgan fingerprint density at radius 2 is 2.15 bits per heavy atom. The quantitative estimate of drug-likeness (QED) is 0.641. The molecule has 1 aromatic heterocycles. The van der Waals surface area contributed by atoms with E-state index in [-0.39, 0.29) is 36.4 Å². The monoisotopic (exact) mass is 371 g/mol. The third-order valence-corrected chi connectivity index (χ3v) is 5.94. The standard InChI is InChI=1S/C18H24F3N3O2/c1-11(2)17(5-3-14(22)8-17)16(25)23-6-4-15-12(9-23)7-13(10-24(15)26)18(19,20)21/h7,10-11,14H,3-6,8-9,22H2,1-2H3/t14-,17+/m1/s1. The molecule has 3 rings (SSSR count). The third kappa shape index (κ3) is 3.15. The van der Waals surface area contributed by atoms with Gasteiger partial charge in [0.15, 0.2) is 11.9 Å². The molecule has 0 aromatic carbocycles. The van der Waals surface area contributed by atoms with Crippen molar-refractivity contribution in [2.24, 2.45) is 17.1 Å². The minimum absolute atomic E-state index is 0.0286. The maximum absolute atomic E-state index is 13.2. The molecule has 2 N–H and O–H groups in total. The van der Waals surface area contributed by atoms with Crippen LogP contribution < -0.4 is 10.5 Å². The number of halogens is 3. The highest BCUT2D eigenvalue weighted by Crippen LogP contribution is 2.45. The summed E-state index contributed by atoms with van der Waals surface area (Å²) < 4.78 is 39.3. The van der Waals surface area contributed by atoms with Gasteiger partial charge in [0.2, 0.25) is 5.91 Å². The summed E-state index contributed by atoms with van der Waals surface area (Å²) in [5.41, 5.74) is 5.07. The van der Waals surface area contributed by atoms with E-state index >= 15 is 0 Å². The fourth-order valence-corrected chi connectivity index (χ4v) is 4.31. The minimum Gasteiger partial charge on any atom is -0.618 e. The van der Waals surface area contributed by atoms with E-state index in [1.807, 2.05) is 13.8 Å². The summed E-state index contributed by atoms with van der Waals surface area (Å²) >= 11 is 0. The maximum atomic E-state index is 13.2. The van der Waals surface area contributed by atoms with E-state index in [1.54, 1.807) is 4.90 Å². The summed E-state index contributed by atoms with van der Waals surface area (Å²) in [6.45, 7) is 4.34. The third-order valence-electron chi connectivity index (χ3n) is 5.94. The Bertz CT molecular complexity index is 720. The molecule has 0 unspecified atom stereocenters. The van der Waals surface area contributed by atoms with E-state index in [9.17, 15) is 23.2 Å². The average molecular weight is 371 g/mol. The number of aromatic nitrogens is 1. The number of fused-ring (bicyclic) bond motifs is 1. The number of carbonyl (C=O) groups excluding carboxylic acids is 1. The van der Waals surface area contributed by atoms with Crippen LogP contribution in [-0.2, 0) is 23.9 Å². The summed E-state index contributed by atoms with van der Waals surface area (Å²) in [7, 11) is 0. The van der Waals surface area contributed by atoms with Gasteiger partial charge in [0.05, 0.1) is 18.4 Å². The van der Waals surface area contributed by atoms with Gasteiger partial charge in [-0.1, -0.05) is 13.8 Å². The number of carbonyl (C=O) groups is 1. The van der Waals surface area contributed by atoms with Crippen LogP contribution in [0.5, 0.6) is 0 Å². The molecule has 5 nitrogen and oxygen atoms in total. The molecular weight excluding hydrogens is 347 g/mol. The molecule has 8 heteroatoms. The second kappa shape index (κ2) is 6.40. The van der Waals surface area contributed by atoms with Crippen LogP contribution in [0.1, 0.15) is 49.9 Å². The van der Waals surface area contributed by atoms with Crippen LogP contribution in [0.2, 0.25) is 0 Å². The van der Waals surface area contributed by atoms with Crippen LogP contribution in [0.4, 0.5) is 13.2 Å². The Labute approximate surface area is 150 Å². The molecule has 26 heavy (non-hydrogen) atoms. The molecule has 0 saturated heterocycles. The van der Waals surface area contributed by atoms with Crippen molar-refractivity contribution in [3.63, 3.8) is 0 Å². The molecule has 1 fully saturated rings. The van der Waals surface area contributed by atoms with Gasteiger partial charge in [0.1, 0.15) is 5.56 Å². The first kappa shape index (κ1) is 18.9. The zero-order valence-electron chi connectivity index (χ0n) is 15.0. The van der Waals surface area contributed by atoms with E-state index in [0.717, 1.165) is 12.5 Å². The number of alkyl halides is 3. The lowest BCUT2D eigenvalue weighted by atomic mass is 9.74. The molecule has 2 aliphatic rings. The van der Waals surface area contributed by atoms with E-state index < -0.39 is 17.2 Å². The lowest BCUT2D eigenvalue weighted by Crippen LogP contribution is -2.50. The highest BCUT2D eigenvalue weighted by molar-refractivity contribution is 5.83. The lowest BCUT2D eigenvalue weighted by Gasteiger charge is -2.39. The van der Waals surface area contributed by atoms with Crippen LogP contribution in [0.25, 0.3) is 0 Å². The molecule has 2 atom stereocenters. The number of nitrogens with two attached hydrogens (primary N) is 1. The Kier molecular flexibility index (Phi) is 4.67. The fourth-order valence-electron chi connectivity index (χ4n) is 4.31. The number of rotatable bonds is 2. The van der Waals surface area contributed by atoms with Crippen molar-refractivity contribution in [2.75, 3.05) is 6.54 Å². The van der Waals surface area contributed by atoms with Gasteiger partial charge in [-0.3, -0.25) is 4.79 Å². The van der Waals surface area contributed by atoms with Crippen molar-refractivity contribution in [1.29, 1.82) is 0 Å². The zero-order chi connectivity index (χ0) is 19.3. The molecule has 1 aromatic rings. The van der Waals surface area contributed by atoms with Crippen molar-refractivity contribution in [2.45, 2.75) is 58.3 Å². The van der Waals surface area contributed by atoms with Gasteiger partial charge >= 0.3 is 6.18 Å². The van der Waals surface area contributed by atoms with E-state index in [0.29, 0.717) is 36.0 Å². The predicted molar refractivity (Wildman–Crippen MR) is 88.6 cm³/mol. The van der Waals surface area contributed by atoms with Gasteiger partial charge in [-0.15, -0.1) is 0 Å². The van der Waals surface area contributed by atoms with Crippen LogP contribution in [0.15, 0.2) is 12.3 Å². The fraction of sp³-hybridized carbons (Fsp3) is 0.667. The van der Waals surface area contributed by atoms with Crippen LogP contribution in [0.3, 0.4) is 0 Å². The van der Waals surface area contributed by atoms with Gasteiger partial charge in [-0.25, -0.2) is 0 Å². The summed E-state index contributed by atoms with van der Waals surface area (Å²) in [6.07, 6.45) is -1.71. The van der Waals surface area contributed by atoms with E-state index in [1.165, 1.54) is 0 Å². The van der Waals surface area contributed by atoms with Crippen molar-refractivity contribution in [3.05, 3.63) is 34.3 Å². The van der Waals surface area contributed by atoms with Gasteiger partial charge in [0.25, 0.3) is 0 Å². The molecule has 0 radical (unpaired) electrons. The highest BCUT2D eigenvalue weighted by Gasteiger charge is 2.49.